The number of hydrogen-bond acceptors (Lipinski definition) is 5. The van der Waals surface area contributed by atoms with Crippen molar-refractivity contribution in [2.45, 2.75) is 0 Å². The predicted molar refractivity (Wildman–Crippen MR) is 88.2 cm³/mol. The quantitative estimate of drug-likeness (QED) is 0.722. The van der Waals surface area contributed by atoms with Crippen LogP contribution in [0.1, 0.15) is 5.69 Å². The van der Waals surface area contributed by atoms with E-state index in [4.69, 9.17) is 0 Å². The van der Waals surface area contributed by atoms with E-state index in [0.29, 0.717) is 12.2 Å². The minimum Gasteiger partial charge on any atom is -0.493 e. The zero-order valence-corrected chi connectivity index (χ0v) is 12.1. The highest BCUT2D eigenvalue weighted by molar-refractivity contribution is 6.09. The molecule has 1 aliphatic rings. The second-order valence-corrected chi connectivity index (χ2v) is 5.12. The predicted octanol–water partition coefficient (Wildman–Crippen LogP) is 3.74. The number of H-pyrrole nitrogens is 1. The number of allylic oxidation sites excluding steroid dienone is 1. The molecule has 0 radical (unpaired) electrons. The number of aromatic amines is 1. The van der Waals surface area contributed by atoms with E-state index in [9.17, 15) is 5.11 Å². The highest BCUT2D eigenvalue weighted by atomic mass is 16.3. The molecule has 0 amide bonds. The van der Waals surface area contributed by atoms with Gasteiger partial charge in [-0.3, -0.25) is 9.98 Å². The summed E-state index contributed by atoms with van der Waals surface area (Å²) >= 11 is 0. The fourth-order valence-corrected chi connectivity index (χ4v) is 2.47. The second-order valence-electron chi connectivity index (χ2n) is 5.12. The van der Waals surface area contributed by atoms with Crippen molar-refractivity contribution in [2.24, 2.45) is 15.2 Å². The van der Waals surface area contributed by atoms with Crippen molar-refractivity contribution in [3.8, 4) is 5.88 Å². The number of rotatable bonds is 3. The van der Waals surface area contributed by atoms with Crippen molar-refractivity contribution < 1.29 is 5.11 Å². The van der Waals surface area contributed by atoms with Crippen molar-refractivity contribution >= 4 is 22.3 Å². The molecule has 0 fully saturated rings. The van der Waals surface area contributed by atoms with Crippen LogP contribution in [-0.4, -0.2) is 27.3 Å². The molecule has 1 aromatic carbocycles. The van der Waals surface area contributed by atoms with Crippen molar-refractivity contribution in [2.75, 3.05) is 6.54 Å². The summed E-state index contributed by atoms with van der Waals surface area (Å²) in [7, 11) is 0. The normalized spacial score (nSPS) is 14.4. The van der Waals surface area contributed by atoms with E-state index in [-0.39, 0.29) is 5.88 Å². The van der Waals surface area contributed by atoms with Gasteiger partial charge in [-0.15, -0.1) is 5.11 Å². The van der Waals surface area contributed by atoms with Gasteiger partial charge in [-0.05, 0) is 24.3 Å². The summed E-state index contributed by atoms with van der Waals surface area (Å²) in [5, 5.41) is 19.2. The molecule has 0 saturated carbocycles. The number of azo groups is 1. The Morgan fingerprint density at radius 2 is 1.91 bits per heavy atom. The molecule has 2 N–H and O–H groups in total. The van der Waals surface area contributed by atoms with Crippen molar-refractivity contribution in [3.63, 3.8) is 0 Å². The van der Waals surface area contributed by atoms with Crippen LogP contribution < -0.4 is 0 Å². The average Bonchev–Trinajstić information content (AvgIpc) is 3.18. The largest absolute Gasteiger partial charge is 0.493 e. The van der Waals surface area contributed by atoms with Crippen molar-refractivity contribution in [1.82, 2.24) is 9.97 Å². The van der Waals surface area contributed by atoms with Crippen LogP contribution in [0.5, 0.6) is 5.88 Å². The highest BCUT2D eigenvalue weighted by Gasteiger charge is 2.12. The summed E-state index contributed by atoms with van der Waals surface area (Å²) in [6.07, 6.45) is 3.59. The minimum atomic E-state index is 0.0133. The Morgan fingerprint density at radius 3 is 2.78 bits per heavy atom. The van der Waals surface area contributed by atoms with Crippen LogP contribution >= 0.6 is 0 Å². The number of pyridine rings is 1. The molecule has 6 heteroatoms. The molecule has 0 atom stereocenters. The van der Waals surface area contributed by atoms with Gasteiger partial charge in [-0.2, -0.15) is 5.11 Å². The lowest BCUT2D eigenvalue weighted by atomic mass is 10.2. The van der Waals surface area contributed by atoms with Crippen LogP contribution in [0.15, 0.2) is 75.7 Å². The minimum absolute atomic E-state index is 0.0133. The molecule has 3 heterocycles. The standard InChI is InChI=1S/C17H13N5O/c23-17-16(12-5-1-2-6-13(12)20-17)22-21-11-9-15(19-10-11)14-7-3-4-8-18-14/h1-9,20,23H,10H2. The number of nitrogens with one attached hydrogen (secondary N) is 1. The van der Waals surface area contributed by atoms with Gasteiger partial charge in [0.25, 0.3) is 0 Å². The first-order chi connectivity index (χ1) is 11.3. The Kier molecular flexibility index (Phi) is 3.20. The Morgan fingerprint density at radius 1 is 1.04 bits per heavy atom. The maximum absolute atomic E-state index is 9.97. The van der Waals surface area contributed by atoms with Crippen LogP contribution in [0.4, 0.5) is 5.69 Å². The van der Waals surface area contributed by atoms with Gasteiger partial charge >= 0.3 is 0 Å². The molecule has 0 unspecified atom stereocenters. The van der Waals surface area contributed by atoms with E-state index in [2.05, 4.69) is 25.2 Å². The molecule has 0 bridgehead atoms. The van der Waals surface area contributed by atoms with Gasteiger partial charge in [-0.1, -0.05) is 24.3 Å². The van der Waals surface area contributed by atoms with E-state index in [1.165, 1.54) is 0 Å². The van der Waals surface area contributed by atoms with Gasteiger partial charge in [0.2, 0.25) is 5.88 Å². The zero-order chi connectivity index (χ0) is 15.6. The highest BCUT2D eigenvalue weighted by Crippen LogP contribution is 2.35. The summed E-state index contributed by atoms with van der Waals surface area (Å²) in [5.41, 5.74) is 3.60. The lowest BCUT2D eigenvalue weighted by molar-refractivity contribution is 0.459. The molecular weight excluding hydrogens is 290 g/mol. The lowest BCUT2D eigenvalue weighted by Gasteiger charge is -1.94. The molecule has 4 rings (SSSR count). The topological polar surface area (TPSA) is 86.0 Å². The monoisotopic (exact) mass is 303 g/mol. The number of aromatic nitrogens is 2. The third-order valence-corrected chi connectivity index (χ3v) is 3.58. The number of fused-ring (bicyclic) bond motifs is 1. The van der Waals surface area contributed by atoms with Crippen LogP contribution in [0, 0.1) is 0 Å². The molecule has 23 heavy (non-hydrogen) atoms. The van der Waals surface area contributed by atoms with Crippen LogP contribution in [-0.2, 0) is 0 Å². The number of nitrogens with zero attached hydrogens (tertiary/aromatic N) is 4. The summed E-state index contributed by atoms with van der Waals surface area (Å²) in [6.45, 7) is 0.457. The number of aromatic hydroxyl groups is 1. The number of aliphatic imine (C=N–C) groups is 1. The van der Waals surface area contributed by atoms with Gasteiger partial charge in [0.1, 0.15) is 0 Å². The molecular formula is C17H13N5O. The molecule has 6 nitrogen and oxygen atoms in total. The first-order valence-corrected chi connectivity index (χ1v) is 7.19. The van der Waals surface area contributed by atoms with Crippen molar-refractivity contribution in [3.05, 3.63) is 66.1 Å². The molecule has 1 aliphatic heterocycles. The smallest absolute Gasteiger partial charge is 0.218 e. The second kappa shape index (κ2) is 5.49. The van der Waals surface area contributed by atoms with Crippen LogP contribution in [0.2, 0.25) is 0 Å². The van der Waals surface area contributed by atoms with Crippen LogP contribution in [0.3, 0.4) is 0 Å². The maximum Gasteiger partial charge on any atom is 0.218 e. The molecule has 0 spiro atoms. The fourth-order valence-electron chi connectivity index (χ4n) is 2.47. The van der Waals surface area contributed by atoms with Gasteiger partial charge in [-0.25, -0.2) is 0 Å². The van der Waals surface area contributed by atoms with Crippen LogP contribution in [0.25, 0.3) is 10.9 Å². The SMILES string of the molecule is Oc1[nH]c2ccccc2c1N=NC1=CC(c2ccccn2)=NC1. The molecule has 0 saturated heterocycles. The zero-order valence-electron chi connectivity index (χ0n) is 12.1. The fraction of sp³-hybridized carbons (Fsp3) is 0.0588. The molecule has 3 aromatic rings. The summed E-state index contributed by atoms with van der Waals surface area (Å²) < 4.78 is 0. The first kappa shape index (κ1) is 13.4. The number of para-hydroxylation sites is 1. The van der Waals surface area contributed by atoms with E-state index in [0.717, 1.165) is 28.0 Å². The van der Waals surface area contributed by atoms with E-state index < -0.39 is 0 Å². The summed E-state index contributed by atoms with van der Waals surface area (Å²) in [5.74, 6) is 0.0133. The Labute approximate surface area is 131 Å². The van der Waals surface area contributed by atoms with E-state index in [1.807, 2.05) is 48.5 Å². The van der Waals surface area contributed by atoms with Gasteiger partial charge in [0, 0.05) is 11.6 Å². The molecule has 2 aromatic heterocycles. The third kappa shape index (κ3) is 2.50. The number of benzene rings is 1. The van der Waals surface area contributed by atoms with E-state index >= 15 is 0 Å². The summed E-state index contributed by atoms with van der Waals surface area (Å²) in [4.78, 5) is 11.6. The number of hydrogen-bond donors (Lipinski definition) is 2. The van der Waals surface area contributed by atoms with Crippen molar-refractivity contribution in [1.29, 1.82) is 0 Å². The Balaban J connectivity index is 1.61. The Bertz CT molecular complexity index is 954. The van der Waals surface area contributed by atoms with E-state index in [1.54, 1.807) is 6.20 Å². The Hall–Kier alpha value is -3.28. The first-order valence-electron chi connectivity index (χ1n) is 7.19. The maximum atomic E-state index is 9.97. The van der Waals surface area contributed by atoms with Gasteiger partial charge in [0.15, 0.2) is 5.69 Å². The summed E-state index contributed by atoms with van der Waals surface area (Å²) in [6, 6.07) is 13.2. The molecule has 112 valence electrons. The lowest BCUT2D eigenvalue weighted by Crippen LogP contribution is -1.96. The van der Waals surface area contributed by atoms with Gasteiger partial charge in [0.05, 0.1) is 29.2 Å². The molecule has 0 aliphatic carbocycles. The average molecular weight is 303 g/mol. The third-order valence-electron chi connectivity index (χ3n) is 3.58. The van der Waals surface area contributed by atoms with Gasteiger partial charge < -0.3 is 10.1 Å².